The molecule has 6 heteroatoms. The average molecular weight is 364 g/mol. The van der Waals surface area contributed by atoms with Crippen LogP contribution in [-0.2, 0) is 0 Å². The van der Waals surface area contributed by atoms with Crippen LogP contribution in [0.1, 0.15) is 39.3 Å². The summed E-state index contributed by atoms with van der Waals surface area (Å²) in [6.07, 6.45) is 8.69. The molecule has 1 unspecified atom stereocenters. The summed E-state index contributed by atoms with van der Waals surface area (Å²) in [4.78, 5) is 19.1. The van der Waals surface area contributed by atoms with E-state index < -0.39 is 4.92 Å². The van der Waals surface area contributed by atoms with Gasteiger partial charge in [-0.25, -0.2) is 9.97 Å². The van der Waals surface area contributed by atoms with Crippen LogP contribution in [0, 0.1) is 21.4 Å². The van der Waals surface area contributed by atoms with Crippen molar-refractivity contribution in [3.05, 3.63) is 63.9 Å². The first kappa shape index (κ1) is 18.8. The van der Waals surface area contributed by atoms with E-state index in [1.807, 2.05) is 6.08 Å². The summed E-state index contributed by atoms with van der Waals surface area (Å²) < 4.78 is 0. The van der Waals surface area contributed by atoms with Crippen molar-refractivity contribution in [2.45, 2.75) is 33.6 Å². The van der Waals surface area contributed by atoms with Crippen LogP contribution in [0.3, 0.4) is 0 Å². The molecule has 140 valence electrons. The van der Waals surface area contributed by atoms with Crippen molar-refractivity contribution in [1.82, 2.24) is 9.97 Å². The normalized spacial score (nSPS) is 19.1. The second-order valence-electron chi connectivity index (χ2n) is 7.66. The van der Waals surface area contributed by atoms with Gasteiger partial charge in [-0.15, -0.1) is 0 Å². The molecule has 0 saturated carbocycles. The Morgan fingerprint density at radius 2 is 2.07 bits per heavy atom. The van der Waals surface area contributed by atoms with Crippen molar-refractivity contribution < 1.29 is 4.92 Å². The maximum atomic E-state index is 11.0. The summed E-state index contributed by atoms with van der Waals surface area (Å²) in [5.41, 5.74) is 9.36. The van der Waals surface area contributed by atoms with E-state index in [4.69, 9.17) is 5.73 Å². The number of nitro groups is 1. The highest BCUT2D eigenvalue weighted by atomic mass is 16.6. The fourth-order valence-electron chi connectivity index (χ4n) is 3.68. The molecule has 0 fully saturated rings. The lowest BCUT2D eigenvalue weighted by molar-refractivity contribution is -0.384. The van der Waals surface area contributed by atoms with Crippen LogP contribution in [0.15, 0.2) is 48.1 Å². The molecular formula is C21H24N4O2. The van der Waals surface area contributed by atoms with Gasteiger partial charge >= 0.3 is 0 Å². The van der Waals surface area contributed by atoms with Gasteiger partial charge in [-0.1, -0.05) is 43.7 Å². The van der Waals surface area contributed by atoms with E-state index in [0.29, 0.717) is 22.9 Å². The maximum Gasteiger partial charge on any atom is 0.270 e. The van der Waals surface area contributed by atoms with Gasteiger partial charge in [0.15, 0.2) is 0 Å². The van der Waals surface area contributed by atoms with Gasteiger partial charge in [0, 0.05) is 23.6 Å². The molecule has 1 aliphatic carbocycles. The highest BCUT2D eigenvalue weighted by Gasteiger charge is 2.30. The topological polar surface area (TPSA) is 94.9 Å². The van der Waals surface area contributed by atoms with Crippen LogP contribution >= 0.6 is 0 Å². The second-order valence-corrected chi connectivity index (χ2v) is 7.66. The molecule has 0 radical (unpaired) electrons. The number of nitro benzene ring substituents is 1. The summed E-state index contributed by atoms with van der Waals surface area (Å²) in [6.45, 7) is 6.72. The minimum absolute atomic E-state index is 0.0199. The largest absolute Gasteiger partial charge is 0.368 e. The molecule has 2 N–H and O–H groups in total. The number of aromatic nitrogens is 2. The third-order valence-electron chi connectivity index (χ3n) is 5.16. The molecule has 1 heterocycles. The number of benzene rings is 1. The van der Waals surface area contributed by atoms with E-state index in [1.165, 1.54) is 17.7 Å². The Bertz CT molecular complexity index is 932. The Hall–Kier alpha value is -3.02. The number of hydrogen-bond acceptors (Lipinski definition) is 5. The fraction of sp³-hybridized carbons (Fsp3) is 0.333. The van der Waals surface area contributed by atoms with Crippen LogP contribution in [0.25, 0.3) is 17.3 Å². The van der Waals surface area contributed by atoms with Gasteiger partial charge in [-0.2, -0.15) is 0 Å². The number of hydrogen-bond donors (Lipinski definition) is 1. The zero-order valence-corrected chi connectivity index (χ0v) is 15.8. The van der Waals surface area contributed by atoms with Gasteiger partial charge in [0.1, 0.15) is 0 Å². The molecule has 0 spiro atoms. The molecule has 27 heavy (non-hydrogen) atoms. The first-order valence-corrected chi connectivity index (χ1v) is 9.00. The van der Waals surface area contributed by atoms with E-state index in [2.05, 4.69) is 42.9 Å². The van der Waals surface area contributed by atoms with E-state index in [0.717, 1.165) is 12.8 Å². The Labute approximate surface area is 159 Å². The first-order chi connectivity index (χ1) is 12.8. The number of non-ortho nitro benzene ring substituents is 1. The van der Waals surface area contributed by atoms with Crippen molar-refractivity contribution in [3.8, 4) is 11.3 Å². The summed E-state index contributed by atoms with van der Waals surface area (Å²) >= 11 is 0. The summed E-state index contributed by atoms with van der Waals surface area (Å²) in [6, 6.07) is 8.17. The number of anilines is 1. The van der Waals surface area contributed by atoms with E-state index in [1.54, 1.807) is 18.2 Å². The predicted molar refractivity (Wildman–Crippen MR) is 108 cm³/mol. The number of nitrogens with zero attached hydrogens (tertiary/aromatic N) is 3. The Balaban J connectivity index is 1.94. The standard InChI is InChI=1S/C21H24N4O2/c1-14-6-5-11-21(2,3)18(14)10-9-16-13-19(24-20(22)23-16)15-7-4-8-17(12-15)25(26)27/h4,6-10,12-13,18H,5,11H2,1-3H3,(H2,22,23,24)/b10-9+. The summed E-state index contributed by atoms with van der Waals surface area (Å²) in [5.74, 6) is 0.484. The van der Waals surface area contributed by atoms with Crippen LogP contribution in [-0.4, -0.2) is 14.9 Å². The predicted octanol–water partition coefficient (Wildman–Crippen LogP) is 5.03. The van der Waals surface area contributed by atoms with Gasteiger partial charge in [0.05, 0.1) is 16.3 Å². The molecule has 0 amide bonds. The fourth-order valence-corrected chi connectivity index (χ4v) is 3.68. The van der Waals surface area contributed by atoms with E-state index in [9.17, 15) is 10.1 Å². The summed E-state index contributed by atoms with van der Waals surface area (Å²) in [7, 11) is 0. The Morgan fingerprint density at radius 1 is 1.30 bits per heavy atom. The van der Waals surface area contributed by atoms with E-state index in [-0.39, 0.29) is 17.1 Å². The van der Waals surface area contributed by atoms with Crippen molar-refractivity contribution in [2.24, 2.45) is 11.3 Å². The van der Waals surface area contributed by atoms with Crippen LogP contribution < -0.4 is 5.73 Å². The monoisotopic (exact) mass is 364 g/mol. The smallest absolute Gasteiger partial charge is 0.270 e. The number of allylic oxidation sites excluding steroid dienone is 3. The van der Waals surface area contributed by atoms with E-state index >= 15 is 0 Å². The second kappa shape index (κ2) is 7.31. The SMILES string of the molecule is CC1=CCCC(C)(C)C1/C=C/c1cc(-c2cccc([N+](=O)[O-])c2)nc(N)n1. The van der Waals surface area contributed by atoms with Crippen LogP contribution in [0.2, 0.25) is 0 Å². The molecule has 6 nitrogen and oxygen atoms in total. The first-order valence-electron chi connectivity index (χ1n) is 9.00. The third kappa shape index (κ3) is 4.22. The van der Waals surface area contributed by atoms with Gasteiger partial charge in [0.25, 0.3) is 5.69 Å². The molecule has 0 aliphatic heterocycles. The lowest BCUT2D eigenvalue weighted by atomic mass is 9.68. The quantitative estimate of drug-likeness (QED) is 0.466. The molecule has 1 aromatic heterocycles. The number of rotatable bonds is 4. The molecule has 1 aliphatic rings. The van der Waals surface area contributed by atoms with Gasteiger partial charge in [-0.3, -0.25) is 10.1 Å². The zero-order valence-electron chi connectivity index (χ0n) is 15.8. The Kier molecular flexibility index (Phi) is 5.08. The van der Waals surface area contributed by atoms with Crippen LogP contribution in [0.4, 0.5) is 11.6 Å². The molecule has 0 bridgehead atoms. The average Bonchev–Trinajstić information content (AvgIpc) is 2.60. The maximum absolute atomic E-state index is 11.0. The molecule has 3 rings (SSSR count). The highest BCUT2D eigenvalue weighted by molar-refractivity contribution is 5.66. The van der Waals surface area contributed by atoms with Gasteiger partial charge in [0.2, 0.25) is 5.95 Å². The Morgan fingerprint density at radius 3 is 2.78 bits per heavy atom. The molecule has 2 aromatic rings. The van der Waals surface area contributed by atoms with Gasteiger partial charge in [-0.05, 0) is 37.3 Å². The lowest BCUT2D eigenvalue weighted by Crippen LogP contribution is -2.26. The van der Waals surface area contributed by atoms with Crippen LogP contribution in [0.5, 0.6) is 0 Å². The molecule has 1 atom stereocenters. The lowest BCUT2D eigenvalue weighted by Gasteiger charge is -2.36. The van der Waals surface area contributed by atoms with Crippen molar-refractivity contribution >= 4 is 17.7 Å². The van der Waals surface area contributed by atoms with Crippen molar-refractivity contribution in [1.29, 1.82) is 0 Å². The molecule has 0 saturated heterocycles. The van der Waals surface area contributed by atoms with Gasteiger partial charge < -0.3 is 5.73 Å². The minimum atomic E-state index is -0.421. The summed E-state index contributed by atoms with van der Waals surface area (Å²) in [5, 5.41) is 11.0. The molecule has 1 aromatic carbocycles. The van der Waals surface area contributed by atoms with Crippen molar-refractivity contribution in [3.63, 3.8) is 0 Å². The highest BCUT2D eigenvalue weighted by Crippen LogP contribution is 2.41. The number of nitrogens with two attached hydrogens (primary N) is 1. The molecular weight excluding hydrogens is 340 g/mol. The zero-order chi connectivity index (χ0) is 19.6. The minimum Gasteiger partial charge on any atom is -0.368 e. The number of nitrogen functional groups attached to an aromatic ring is 1. The third-order valence-corrected chi connectivity index (χ3v) is 5.16. The van der Waals surface area contributed by atoms with Crippen molar-refractivity contribution in [2.75, 3.05) is 5.73 Å².